The number of thiophene rings is 1. The lowest BCUT2D eigenvalue weighted by molar-refractivity contribution is -0.116. The van der Waals surface area contributed by atoms with Crippen LogP contribution in [0.15, 0.2) is 35.0 Å². The van der Waals surface area contributed by atoms with E-state index in [0.717, 1.165) is 6.07 Å². The van der Waals surface area contributed by atoms with E-state index >= 15 is 0 Å². The third-order valence-corrected chi connectivity index (χ3v) is 3.62. The second-order valence-electron chi connectivity index (χ2n) is 4.19. The molecule has 1 aromatic heterocycles. The van der Waals surface area contributed by atoms with Crippen molar-refractivity contribution >= 4 is 40.4 Å². The van der Waals surface area contributed by atoms with Gasteiger partial charge in [-0.15, -0.1) is 0 Å². The van der Waals surface area contributed by atoms with Crippen LogP contribution in [0, 0.1) is 5.82 Å². The zero-order valence-electron chi connectivity index (χ0n) is 10.9. The van der Waals surface area contributed by atoms with Crippen LogP contribution in [0.1, 0.15) is 16.8 Å². The fourth-order valence-electron chi connectivity index (χ4n) is 1.59. The smallest absolute Gasteiger partial charge is 0.252 e. The molecule has 21 heavy (non-hydrogen) atoms. The maximum Gasteiger partial charge on any atom is 0.252 e. The number of anilines is 1. The van der Waals surface area contributed by atoms with E-state index in [1.165, 1.54) is 23.5 Å². The van der Waals surface area contributed by atoms with Gasteiger partial charge in [0.05, 0.1) is 10.7 Å². The maximum atomic E-state index is 12.9. The third kappa shape index (κ3) is 4.54. The first-order chi connectivity index (χ1) is 10.1. The molecule has 2 aromatic rings. The van der Waals surface area contributed by atoms with Gasteiger partial charge in [0.15, 0.2) is 0 Å². The number of carbonyl (C=O) groups is 2. The first-order valence-electron chi connectivity index (χ1n) is 6.11. The van der Waals surface area contributed by atoms with Crippen LogP contribution in [0.4, 0.5) is 10.1 Å². The number of nitrogens with one attached hydrogen (secondary N) is 2. The van der Waals surface area contributed by atoms with E-state index in [-0.39, 0.29) is 29.8 Å². The number of benzene rings is 1. The molecule has 4 nitrogen and oxygen atoms in total. The highest BCUT2D eigenvalue weighted by Gasteiger charge is 2.09. The van der Waals surface area contributed by atoms with Crippen molar-refractivity contribution in [2.45, 2.75) is 6.42 Å². The van der Waals surface area contributed by atoms with E-state index in [9.17, 15) is 14.0 Å². The molecule has 2 N–H and O–H groups in total. The zero-order valence-corrected chi connectivity index (χ0v) is 12.4. The topological polar surface area (TPSA) is 58.2 Å². The molecule has 110 valence electrons. The van der Waals surface area contributed by atoms with E-state index in [0.29, 0.717) is 11.3 Å². The minimum absolute atomic E-state index is 0.101. The molecule has 1 heterocycles. The Morgan fingerprint density at radius 1 is 1.29 bits per heavy atom. The van der Waals surface area contributed by atoms with E-state index in [1.54, 1.807) is 16.8 Å². The molecule has 2 amide bonds. The number of rotatable bonds is 5. The SMILES string of the molecule is O=C(CCNC(=O)c1ccsc1)Nc1ccc(F)cc1Cl. The Morgan fingerprint density at radius 3 is 2.76 bits per heavy atom. The van der Waals surface area contributed by atoms with Gasteiger partial charge in [-0.1, -0.05) is 11.6 Å². The summed E-state index contributed by atoms with van der Waals surface area (Å²) in [5.74, 6) is -1.00. The van der Waals surface area contributed by atoms with Crippen molar-refractivity contribution in [3.05, 3.63) is 51.4 Å². The largest absolute Gasteiger partial charge is 0.351 e. The van der Waals surface area contributed by atoms with Crippen LogP contribution in [-0.4, -0.2) is 18.4 Å². The Balaban J connectivity index is 1.78. The minimum Gasteiger partial charge on any atom is -0.351 e. The van der Waals surface area contributed by atoms with Crippen LogP contribution in [0.5, 0.6) is 0 Å². The highest BCUT2D eigenvalue weighted by atomic mass is 35.5. The molecule has 7 heteroatoms. The molecule has 0 aliphatic heterocycles. The van der Waals surface area contributed by atoms with Crippen molar-refractivity contribution in [1.82, 2.24) is 5.32 Å². The lowest BCUT2D eigenvalue weighted by Crippen LogP contribution is -2.27. The molecule has 0 aliphatic carbocycles. The minimum atomic E-state index is -0.471. The fourth-order valence-corrected chi connectivity index (χ4v) is 2.44. The summed E-state index contributed by atoms with van der Waals surface area (Å²) in [5, 5.41) is 8.86. The lowest BCUT2D eigenvalue weighted by Gasteiger charge is -2.08. The van der Waals surface area contributed by atoms with E-state index in [4.69, 9.17) is 11.6 Å². The van der Waals surface area contributed by atoms with Crippen molar-refractivity contribution < 1.29 is 14.0 Å². The Hall–Kier alpha value is -1.92. The van der Waals surface area contributed by atoms with Crippen LogP contribution in [0.3, 0.4) is 0 Å². The van der Waals surface area contributed by atoms with Crippen LogP contribution < -0.4 is 10.6 Å². The Kier molecular flexibility index (Phi) is 5.30. The molecule has 0 bridgehead atoms. The van der Waals surface area contributed by atoms with E-state index in [1.807, 2.05) is 0 Å². The summed E-state index contributed by atoms with van der Waals surface area (Å²) in [6, 6.07) is 5.42. The quantitative estimate of drug-likeness (QED) is 0.885. The first kappa shape index (κ1) is 15.5. The number of hydrogen-bond acceptors (Lipinski definition) is 3. The Morgan fingerprint density at radius 2 is 2.10 bits per heavy atom. The van der Waals surface area contributed by atoms with Gasteiger partial charge < -0.3 is 10.6 Å². The number of halogens is 2. The fraction of sp³-hybridized carbons (Fsp3) is 0.143. The monoisotopic (exact) mass is 326 g/mol. The second kappa shape index (κ2) is 7.19. The molecule has 0 spiro atoms. The molecule has 0 saturated carbocycles. The summed E-state index contributed by atoms with van der Waals surface area (Å²) in [4.78, 5) is 23.3. The molecule has 0 unspecified atom stereocenters. The molecule has 0 saturated heterocycles. The lowest BCUT2D eigenvalue weighted by atomic mass is 10.3. The van der Waals surface area contributed by atoms with Crippen molar-refractivity contribution in [1.29, 1.82) is 0 Å². The summed E-state index contributed by atoms with van der Waals surface area (Å²) >= 11 is 7.23. The standard InChI is InChI=1S/C14H12ClFN2O2S/c15-11-7-10(16)1-2-12(11)18-13(19)3-5-17-14(20)9-4-6-21-8-9/h1-2,4,6-8H,3,5H2,(H,17,20)(H,18,19). The summed E-state index contributed by atoms with van der Waals surface area (Å²) < 4.78 is 12.9. The van der Waals surface area contributed by atoms with Gasteiger partial charge >= 0.3 is 0 Å². The second-order valence-corrected chi connectivity index (χ2v) is 5.38. The molecule has 0 fully saturated rings. The Labute approximate surface area is 129 Å². The summed E-state index contributed by atoms with van der Waals surface area (Å²) in [5.41, 5.74) is 0.911. The molecule has 2 rings (SSSR count). The highest BCUT2D eigenvalue weighted by molar-refractivity contribution is 7.08. The van der Waals surface area contributed by atoms with Crippen LogP contribution >= 0.6 is 22.9 Å². The number of carbonyl (C=O) groups excluding carboxylic acids is 2. The van der Waals surface area contributed by atoms with Gasteiger partial charge in [0.1, 0.15) is 5.82 Å². The van der Waals surface area contributed by atoms with Crippen molar-refractivity contribution in [3.8, 4) is 0 Å². The van der Waals surface area contributed by atoms with Crippen molar-refractivity contribution in [2.24, 2.45) is 0 Å². The number of amides is 2. The highest BCUT2D eigenvalue weighted by Crippen LogP contribution is 2.22. The predicted molar refractivity (Wildman–Crippen MR) is 81.3 cm³/mol. The zero-order chi connectivity index (χ0) is 15.2. The molecule has 1 aromatic carbocycles. The van der Waals surface area contributed by atoms with Crippen LogP contribution in [0.25, 0.3) is 0 Å². The Bertz CT molecular complexity index is 646. The molecular weight excluding hydrogens is 315 g/mol. The van der Waals surface area contributed by atoms with E-state index in [2.05, 4.69) is 10.6 Å². The molecular formula is C14H12ClFN2O2S. The average molecular weight is 327 g/mol. The van der Waals surface area contributed by atoms with Crippen molar-refractivity contribution in [3.63, 3.8) is 0 Å². The van der Waals surface area contributed by atoms with Gasteiger partial charge in [-0.25, -0.2) is 4.39 Å². The number of hydrogen-bond donors (Lipinski definition) is 2. The van der Waals surface area contributed by atoms with Gasteiger partial charge in [-0.3, -0.25) is 9.59 Å². The van der Waals surface area contributed by atoms with Gasteiger partial charge in [0.2, 0.25) is 5.91 Å². The van der Waals surface area contributed by atoms with Crippen molar-refractivity contribution in [2.75, 3.05) is 11.9 Å². The van der Waals surface area contributed by atoms with Crippen LogP contribution in [-0.2, 0) is 4.79 Å². The van der Waals surface area contributed by atoms with Gasteiger partial charge in [-0.2, -0.15) is 11.3 Å². The normalized spacial score (nSPS) is 10.2. The summed E-state index contributed by atoms with van der Waals surface area (Å²) in [6.45, 7) is 0.208. The third-order valence-electron chi connectivity index (χ3n) is 2.63. The summed E-state index contributed by atoms with van der Waals surface area (Å²) in [7, 11) is 0. The average Bonchev–Trinajstić information content (AvgIpc) is 2.96. The van der Waals surface area contributed by atoms with Gasteiger partial charge in [-0.05, 0) is 29.6 Å². The van der Waals surface area contributed by atoms with Gasteiger partial charge in [0, 0.05) is 23.9 Å². The molecule has 0 aliphatic rings. The molecule has 0 radical (unpaired) electrons. The maximum absolute atomic E-state index is 12.9. The van der Waals surface area contributed by atoms with Gasteiger partial charge in [0.25, 0.3) is 5.91 Å². The van der Waals surface area contributed by atoms with E-state index < -0.39 is 5.82 Å². The predicted octanol–water partition coefficient (Wildman–Crippen LogP) is 3.30. The molecule has 0 atom stereocenters. The van der Waals surface area contributed by atoms with Crippen LogP contribution in [0.2, 0.25) is 5.02 Å². The summed E-state index contributed by atoms with van der Waals surface area (Å²) in [6.07, 6.45) is 0.101. The first-order valence-corrected chi connectivity index (χ1v) is 7.43.